The molecule has 0 aromatic heterocycles. The van der Waals surface area contributed by atoms with Crippen molar-refractivity contribution in [1.82, 2.24) is 4.90 Å². The summed E-state index contributed by atoms with van der Waals surface area (Å²) < 4.78 is 17.3. The van der Waals surface area contributed by atoms with Crippen LogP contribution in [-0.4, -0.2) is 42.9 Å². The number of imide groups is 1. The molecule has 1 heterocycles. The Kier molecular flexibility index (Phi) is 7.59. The lowest BCUT2D eigenvalue weighted by Crippen LogP contribution is -2.32. The van der Waals surface area contributed by atoms with Crippen molar-refractivity contribution >= 4 is 44.9 Å². The van der Waals surface area contributed by atoms with Gasteiger partial charge in [0.2, 0.25) is 0 Å². The van der Waals surface area contributed by atoms with Gasteiger partial charge in [-0.2, -0.15) is 0 Å². The Morgan fingerprint density at radius 2 is 1.93 bits per heavy atom. The van der Waals surface area contributed by atoms with E-state index in [4.69, 9.17) is 14.2 Å². The van der Waals surface area contributed by atoms with Crippen LogP contribution in [0.1, 0.15) is 5.56 Å². The number of halogens is 1. The van der Waals surface area contributed by atoms with Crippen LogP contribution < -0.4 is 14.2 Å². The van der Waals surface area contributed by atoms with Crippen LogP contribution in [0.2, 0.25) is 0 Å². The predicted molar refractivity (Wildman–Crippen MR) is 121 cm³/mol. The number of methoxy groups -OCH3 is 1. The van der Waals surface area contributed by atoms with E-state index in [1.807, 2.05) is 30.3 Å². The topological polar surface area (TPSA) is 65.1 Å². The molecule has 6 nitrogen and oxygen atoms in total. The molecular weight excluding hydrogens is 470 g/mol. The van der Waals surface area contributed by atoms with Gasteiger partial charge in [-0.1, -0.05) is 30.9 Å². The Balaban J connectivity index is 1.71. The molecule has 8 heteroatoms. The van der Waals surface area contributed by atoms with Gasteiger partial charge < -0.3 is 14.2 Å². The van der Waals surface area contributed by atoms with Crippen LogP contribution in [0.15, 0.2) is 64.5 Å². The minimum atomic E-state index is -0.344. The highest BCUT2D eigenvalue weighted by atomic mass is 79.9. The summed E-state index contributed by atoms with van der Waals surface area (Å²) in [6.45, 7) is 4.37. The first-order valence-corrected chi connectivity index (χ1v) is 10.7. The smallest absolute Gasteiger partial charge is 0.293 e. The number of benzene rings is 2. The predicted octanol–water partition coefficient (Wildman–Crippen LogP) is 5.14. The molecule has 1 saturated heterocycles. The maximum atomic E-state index is 12.7. The summed E-state index contributed by atoms with van der Waals surface area (Å²) in [5.41, 5.74) is 0.704. The van der Waals surface area contributed by atoms with E-state index in [1.54, 1.807) is 24.3 Å². The number of rotatable bonds is 9. The second-order valence-corrected chi connectivity index (χ2v) is 7.98. The monoisotopic (exact) mass is 489 g/mol. The Morgan fingerprint density at radius 1 is 1.17 bits per heavy atom. The van der Waals surface area contributed by atoms with E-state index in [1.165, 1.54) is 12.0 Å². The van der Waals surface area contributed by atoms with Crippen molar-refractivity contribution in [3.8, 4) is 17.2 Å². The van der Waals surface area contributed by atoms with Crippen molar-refractivity contribution in [3.63, 3.8) is 0 Å². The van der Waals surface area contributed by atoms with Gasteiger partial charge >= 0.3 is 0 Å². The normalized spacial score (nSPS) is 14.9. The number of thioether (sulfide) groups is 1. The fraction of sp³-hybridized carbons (Fsp3) is 0.182. The fourth-order valence-corrected chi connectivity index (χ4v) is 4.16. The molecule has 0 bridgehead atoms. The Labute approximate surface area is 187 Å². The van der Waals surface area contributed by atoms with E-state index in [9.17, 15) is 9.59 Å². The van der Waals surface area contributed by atoms with Crippen molar-refractivity contribution < 1.29 is 23.8 Å². The van der Waals surface area contributed by atoms with Gasteiger partial charge in [-0.15, -0.1) is 0 Å². The van der Waals surface area contributed by atoms with Gasteiger partial charge in [0.1, 0.15) is 19.0 Å². The maximum Gasteiger partial charge on any atom is 0.293 e. The molecule has 1 aliphatic heterocycles. The van der Waals surface area contributed by atoms with Crippen molar-refractivity contribution in [3.05, 3.63) is 70.1 Å². The molecule has 0 saturated carbocycles. The van der Waals surface area contributed by atoms with Gasteiger partial charge in [0, 0.05) is 0 Å². The lowest BCUT2D eigenvalue weighted by molar-refractivity contribution is -0.123. The van der Waals surface area contributed by atoms with Crippen LogP contribution in [0.4, 0.5) is 4.79 Å². The molecule has 0 spiro atoms. The summed E-state index contributed by atoms with van der Waals surface area (Å²) >= 11 is 4.36. The Morgan fingerprint density at radius 3 is 2.63 bits per heavy atom. The largest absolute Gasteiger partial charge is 0.493 e. The standard InChI is InChI=1S/C22H20BrNO5S/c1-3-10-29-20-17(23)12-15(13-18(20)27-2)14-19-21(25)24(22(26)30-19)9-11-28-16-7-5-4-6-8-16/h3-8,12-14H,1,9-11H2,2H3/b19-14-. The number of carbonyl (C=O) groups is 2. The van der Waals surface area contributed by atoms with Gasteiger partial charge in [-0.3, -0.25) is 14.5 Å². The molecule has 2 aromatic rings. The highest BCUT2D eigenvalue weighted by Crippen LogP contribution is 2.39. The van der Waals surface area contributed by atoms with E-state index in [0.29, 0.717) is 38.8 Å². The average molecular weight is 490 g/mol. The molecule has 2 amide bonds. The van der Waals surface area contributed by atoms with Crippen molar-refractivity contribution in [2.75, 3.05) is 26.9 Å². The van der Waals surface area contributed by atoms with E-state index in [-0.39, 0.29) is 24.3 Å². The zero-order valence-electron chi connectivity index (χ0n) is 16.3. The molecule has 30 heavy (non-hydrogen) atoms. The van der Waals surface area contributed by atoms with Gasteiger partial charge in [0.25, 0.3) is 11.1 Å². The van der Waals surface area contributed by atoms with Gasteiger partial charge in [-0.25, -0.2) is 0 Å². The van der Waals surface area contributed by atoms with Crippen molar-refractivity contribution in [2.24, 2.45) is 0 Å². The summed E-state index contributed by atoms with van der Waals surface area (Å²) in [4.78, 5) is 26.5. The summed E-state index contributed by atoms with van der Waals surface area (Å²) in [5, 5.41) is -0.320. The third-order valence-electron chi connectivity index (χ3n) is 4.10. The molecular formula is C22H20BrNO5S. The van der Waals surface area contributed by atoms with Crippen LogP contribution in [0.3, 0.4) is 0 Å². The molecule has 0 N–H and O–H groups in total. The molecule has 156 valence electrons. The maximum absolute atomic E-state index is 12.7. The summed E-state index contributed by atoms with van der Waals surface area (Å²) in [6.07, 6.45) is 3.30. The zero-order chi connectivity index (χ0) is 21.5. The number of ether oxygens (including phenoxy) is 3. The van der Waals surface area contributed by atoms with Crippen molar-refractivity contribution in [1.29, 1.82) is 0 Å². The molecule has 3 rings (SSSR count). The van der Waals surface area contributed by atoms with Crippen LogP contribution in [-0.2, 0) is 4.79 Å². The van der Waals surface area contributed by atoms with Crippen LogP contribution >= 0.6 is 27.7 Å². The van der Waals surface area contributed by atoms with Crippen LogP contribution in [0.5, 0.6) is 17.2 Å². The van der Waals surface area contributed by atoms with E-state index in [2.05, 4.69) is 22.5 Å². The van der Waals surface area contributed by atoms with Crippen molar-refractivity contribution in [2.45, 2.75) is 0 Å². The average Bonchev–Trinajstić information content (AvgIpc) is 3.00. The quantitative estimate of drug-likeness (QED) is 0.359. The molecule has 0 unspecified atom stereocenters. The second kappa shape index (κ2) is 10.4. The first-order valence-electron chi connectivity index (χ1n) is 9.08. The third kappa shape index (κ3) is 5.25. The Bertz CT molecular complexity index is 977. The number of amides is 2. The van der Waals surface area contributed by atoms with Gasteiger partial charge in [0.05, 0.1) is 23.0 Å². The minimum absolute atomic E-state index is 0.179. The van der Waals surface area contributed by atoms with Gasteiger partial charge in [0.15, 0.2) is 11.5 Å². The molecule has 0 aliphatic carbocycles. The highest BCUT2D eigenvalue weighted by molar-refractivity contribution is 9.10. The number of hydrogen-bond donors (Lipinski definition) is 0. The number of nitrogens with zero attached hydrogens (tertiary/aromatic N) is 1. The van der Waals surface area contributed by atoms with Crippen LogP contribution in [0, 0.1) is 0 Å². The highest BCUT2D eigenvalue weighted by Gasteiger charge is 2.34. The van der Waals surface area contributed by atoms with E-state index >= 15 is 0 Å². The third-order valence-corrected chi connectivity index (χ3v) is 5.59. The SMILES string of the molecule is C=CCOc1c(Br)cc(/C=C2\SC(=O)N(CCOc3ccccc3)C2=O)cc1OC. The number of carbonyl (C=O) groups excluding carboxylic acids is 2. The summed E-state index contributed by atoms with van der Waals surface area (Å²) in [6, 6.07) is 12.8. The van der Waals surface area contributed by atoms with E-state index in [0.717, 1.165) is 11.8 Å². The molecule has 0 radical (unpaired) electrons. The lowest BCUT2D eigenvalue weighted by Gasteiger charge is -2.13. The summed E-state index contributed by atoms with van der Waals surface area (Å²) in [5.74, 6) is 1.40. The molecule has 2 aromatic carbocycles. The zero-order valence-corrected chi connectivity index (χ0v) is 18.7. The van der Waals surface area contributed by atoms with Gasteiger partial charge in [-0.05, 0) is 63.6 Å². The first kappa shape index (κ1) is 22.0. The lowest BCUT2D eigenvalue weighted by atomic mass is 10.2. The molecule has 1 fully saturated rings. The number of hydrogen-bond acceptors (Lipinski definition) is 6. The molecule has 1 aliphatic rings. The van der Waals surface area contributed by atoms with Crippen LogP contribution in [0.25, 0.3) is 6.08 Å². The molecule has 0 atom stereocenters. The fourth-order valence-electron chi connectivity index (χ4n) is 2.72. The second-order valence-electron chi connectivity index (χ2n) is 6.13. The summed E-state index contributed by atoms with van der Waals surface area (Å²) in [7, 11) is 1.53. The first-order chi connectivity index (χ1) is 14.5. The minimum Gasteiger partial charge on any atom is -0.493 e. The number of para-hydroxylation sites is 1. The van der Waals surface area contributed by atoms with E-state index < -0.39 is 0 Å². The Hall–Kier alpha value is -2.71.